The minimum Gasteiger partial charge on any atom is -0.464 e. The number of esters is 1. The van der Waals surface area contributed by atoms with Crippen molar-refractivity contribution in [3.8, 4) is 0 Å². The lowest BCUT2D eigenvalue weighted by Crippen LogP contribution is -2.16. The van der Waals surface area contributed by atoms with E-state index in [-0.39, 0.29) is 0 Å². The summed E-state index contributed by atoms with van der Waals surface area (Å²) in [7, 11) is 0.920. The fourth-order valence-corrected chi connectivity index (χ4v) is 2.10. The first kappa shape index (κ1) is 15.1. The molecule has 0 aliphatic rings. The molecule has 0 atom stereocenters. The van der Waals surface area contributed by atoms with Crippen molar-refractivity contribution in [3.05, 3.63) is 26.6 Å². The summed E-state index contributed by atoms with van der Waals surface area (Å²) in [5.74, 6) is -1.21. The van der Waals surface area contributed by atoms with Gasteiger partial charge in [0, 0.05) is 9.77 Å². The van der Waals surface area contributed by atoms with E-state index in [1.807, 2.05) is 0 Å². The Labute approximate surface area is 111 Å². The van der Waals surface area contributed by atoms with Crippen molar-refractivity contribution >= 4 is 28.6 Å². The van der Waals surface area contributed by atoms with Crippen LogP contribution in [0.25, 0.3) is 0 Å². The maximum absolute atomic E-state index is 12.7. The summed E-state index contributed by atoms with van der Waals surface area (Å²) >= 11 is 1.11. The lowest BCUT2D eigenvalue weighted by atomic mass is 10.1. The first-order chi connectivity index (χ1) is 8.20. The normalized spacial score (nSPS) is 11.8. The number of aromatic nitrogens is 1. The summed E-state index contributed by atoms with van der Waals surface area (Å²) in [6.07, 6.45) is -7.75. The molecule has 0 unspecified atom stereocenters. The molecule has 3 nitrogen and oxygen atoms in total. The summed E-state index contributed by atoms with van der Waals surface area (Å²) in [5, 5.41) is 0. The maximum Gasteiger partial charge on any atom is 0.418 e. The van der Waals surface area contributed by atoms with Gasteiger partial charge in [0.25, 0.3) is 6.43 Å². The van der Waals surface area contributed by atoms with Crippen LogP contribution in [0.15, 0.2) is 6.20 Å². The van der Waals surface area contributed by atoms with Crippen molar-refractivity contribution in [1.29, 1.82) is 0 Å². The van der Waals surface area contributed by atoms with Gasteiger partial charge in [0.05, 0.1) is 18.2 Å². The lowest BCUT2D eigenvalue weighted by Gasteiger charge is -2.14. The Hall–Kier alpha value is -1.00. The molecule has 100 valence electrons. The molecule has 0 N–H and O–H groups in total. The molecular weight excluding hydrogens is 376 g/mol. The molecular formula is C9H5F5INO2. The lowest BCUT2D eigenvalue weighted by molar-refractivity contribution is -0.138. The highest BCUT2D eigenvalue weighted by molar-refractivity contribution is 14.1. The van der Waals surface area contributed by atoms with Gasteiger partial charge in [-0.2, -0.15) is 13.2 Å². The van der Waals surface area contributed by atoms with Crippen LogP contribution in [-0.2, 0) is 10.9 Å². The predicted octanol–water partition coefficient (Wildman–Crippen LogP) is 3.43. The molecule has 1 aromatic heterocycles. The smallest absolute Gasteiger partial charge is 0.418 e. The third kappa shape index (κ3) is 2.87. The number of hydrogen-bond acceptors (Lipinski definition) is 3. The molecule has 1 rings (SSSR count). The minimum absolute atomic E-state index is 0.333. The largest absolute Gasteiger partial charge is 0.464 e. The Morgan fingerprint density at radius 3 is 2.39 bits per heavy atom. The quantitative estimate of drug-likeness (QED) is 0.448. The summed E-state index contributed by atoms with van der Waals surface area (Å²) in [6.45, 7) is 0. The second-order valence-corrected chi connectivity index (χ2v) is 4.12. The number of methoxy groups -OCH3 is 1. The van der Waals surface area contributed by atoms with Crippen molar-refractivity contribution in [2.45, 2.75) is 12.6 Å². The van der Waals surface area contributed by atoms with Crippen LogP contribution < -0.4 is 0 Å². The third-order valence-electron chi connectivity index (χ3n) is 1.95. The summed E-state index contributed by atoms with van der Waals surface area (Å²) in [6, 6.07) is 0. The fourth-order valence-electron chi connectivity index (χ4n) is 1.16. The zero-order valence-electron chi connectivity index (χ0n) is 8.69. The minimum atomic E-state index is -4.82. The molecule has 0 aliphatic heterocycles. The number of ether oxygens (including phenoxy) is 1. The van der Waals surface area contributed by atoms with Crippen molar-refractivity contribution in [2.75, 3.05) is 7.11 Å². The van der Waals surface area contributed by atoms with Crippen molar-refractivity contribution in [3.63, 3.8) is 0 Å². The van der Waals surface area contributed by atoms with E-state index in [0.717, 1.165) is 29.7 Å². The topological polar surface area (TPSA) is 39.2 Å². The number of carbonyl (C=O) groups is 1. The van der Waals surface area contributed by atoms with E-state index in [0.29, 0.717) is 6.20 Å². The molecule has 0 saturated carbocycles. The molecule has 1 heterocycles. The van der Waals surface area contributed by atoms with Gasteiger partial charge in [-0.05, 0) is 22.6 Å². The molecule has 9 heteroatoms. The van der Waals surface area contributed by atoms with E-state index in [9.17, 15) is 26.7 Å². The molecule has 0 aromatic carbocycles. The predicted molar refractivity (Wildman–Crippen MR) is 58.3 cm³/mol. The Bertz CT molecular complexity index is 475. The second-order valence-electron chi connectivity index (χ2n) is 3.04. The Morgan fingerprint density at radius 1 is 1.44 bits per heavy atom. The van der Waals surface area contributed by atoms with Gasteiger partial charge in [0.15, 0.2) is 5.69 Å². The van der Waals surface area contributed by atoms with Gasteiger partial charge in [0.2, 0.25) is 0 Å². The Balaban J connectivity index is 3.53. The molecule has 1 aromatic rings. The van der Waals surface area contributed by atoms with Crippen LogP contribution in [0, 0.1) is 3.57 Å². The average molecular weight is 381 g/mol. The zero-order valence-corrected chi connectivity index (χ0v) is 10.8. The molecule has 0 saturated heterocycles. The number of nitrogens with zero attached hydrogens (tertiary/aromatic N) is 1. The highest BCUT2D eigenvalue weighted by Gasteiger charge is 2.37. The van der Waals surface area contributed by atoms with Gasteiger partial charge in [-0.1, -0.05) is 0 Å². The molecule has 0 spiro atoms. The molecule has 0 bridgehead atoms. The van der Waals surface area contributed by atoms with Crippen LogP contribution in [0.2, 0.25) is 0 Å². The average Bonchev–Trinajstić information content (AvgIpc) is 2.25. The summed E-state index contributed by atoms with van der Waals surface area (Å²) in [5.41, 5.74) is -3.20. The SMILES string of the molecule is COC(=O)c1ncc(C(F)(F)F)c(I)c1C(F)F. The van der Waals surface area contributed by atoms with Gasteiger partial charge < -0.3 is 4.74 Å². The van der Waals surface area contributed by atoms with E-state index in [4.69, 9.17) is 0 Å². The van der Waals surface area contributed by atoms with Crippen LogP contribution in [0.4, 0.5) is 22.0 Å². The standard InChI is InChI=1S/C9H5F5INO2/c1-18-8(17)6-4(7(10)11)5(15)3(2-16-6)9(12,13)14/h2,7H,1H3. The number of rotatable bonds is 2. The van der Waals surface area contributed by atoms with E-state index in [2.05, 4.69) is 9.72 Å². The molecule has 0 radical (unpaired) electrons. The van der Waals surface area contributed by atoms with Gasteiger partial charge in [-0.25, -0.2) is 18.6 Å². The van der Waals surface area contributed by atoms with Crippen molar-refractivity contribution < 1.29 is 31.5 Å². The van der Waals surface area contributed by atoms with Crippen LogP contribution in [0.3, 0.4) is 0 Å². The van der Waals surface area contributed by atoms with Gasteiger partial charge >= 0.3 is 12.1 Å². The first-order valence-corrected chi connectivity index (χ1v) is 5.40. The number of pyridine rings is 1. The monoisotopic (exact) mass is 381 g/mol. The van der Waals surface area contributed by atoms with Crippen LogP contribution >= 0.6 is 22.6 Å². The summed E-state index contributed by atoms with van der Waals surface area (Å²) in [4.78, 5) is 14.3. The van der Waals surface area contributed by atoms with Crippen LogP contribution in [-0.4, -0.2) is 18.1 Å². The molecule has 0 aliphatic carbocycles. The number of hydrogen-bond donors (Lipinski definition) is 0. The van der Waals surface area contributed by atoms with Gasteiger partial charge in [-0.15, -0.1) is 0 Å². The second kappa shape index (κ2) is 5.33. The van der Waals surface area contributed by atoms with E-state index in [1.165, 1.54) is 0 Å². The van der Waals surface area contributed by atoms with E-state index < -0.39 is 39.0 Å². The third-order valence-corrected chi connectivity index (χ3v) is 3.12. The van der Waals surface area contributed by atoms with Gasteiger partial charge in [0.1, 0.15) is 0 Å². The highest BCUT2D eigenvalue weighted by atomic mass is 127. The van der Waals surface area contributed by atoms with Crippen molar-refractivity contribution in [1.82, 2.24) is 4.98 Å². The fraction of sp³-hybridized carbons (Fsp3) is 0.333. The number of alkyl halides is 5. The maximum atomic E-state index is 12.7. The van der Waals surface area contributed by atoms with Crippen molar-refractivity contribution in [2.24, 2.45) is 0 Å². The number of halogens is 6. The Morgan fingerprint density at radius 2 is 2.00 bits per heavy atom. The van der Waals surface area contributed by atoms with E-state index >= 15 is 0 Å². The van der Waals surface area contributed by atoms with Crippen LogP contribution in [0.5, 0.6) is 0 Å². The van der Waals surface area contributed by atoms with Crippen LogP contribution in [0.1, 0.15) is 28.0 Å². The first-order valence-electron chi connectivity index (χ1n) is 4.32. The zero-order chi connectivity index (χ0) is 14.1. The Kier molecular flexibility index (Phi) is 4.46. The van der Waals surface area contributed by atoms with E-state index in [1.54, 1.807) is 0 Å². The molecule has 0 amide bonds. The number of carbonyl (C=O) groups excluding carboxylic acids is 1. The molecule has 18 heavy (non-hydrogen) atoms. The highest BCUT2D eigenvalue weighted by Crippen LogP contribution is 2.37. The summed E-state index contributed by atoms with van der Waals surface area (Å²) < 4.78 is 66.4. The molecule has 0 fully saturated rings. The van der Waals surface area contributed by atoms with Gasteiger partial charge in [-0.3, -0.25) is 0 Å².